The Morgan fingerprint density at radius 1 is 1.19 bits per heavy atom. The van der Waals surface area contributed by atoms with E-state index in [0.717, 1.165) is 56.4 Å². The second kappa shape index (κ2) is 7.39. The fourth-order valence-electron chi connectivity index (χ4n) is 3.83. The van der Waals surface area contributed by atoms with Gasteiger partial charge >= 0.3 is 0 Å². The Balaban J connectivity index is 1.41. The minimum Gasteiger partial charge on any atom is -0.356 e. The molecule has 1 fully saturated rings. The fraction of sp³-hybridized carbons (Fsp3) is 0.611. The maximum atomic E-state index is 12.6. The quantitative estimate of drug-likeness (QED) is 0.805. The summed E-state index contributed by atoms with van der Waals surface area (Å²) in [6.45, 7) is 6.17. The average Bonchev–Trinajstić information content (AvgIpc) is 3.34. The van der Waals surface area contributed by atoms with Crippen LogP contribution in [0.2, 0.25) is 0 Å². The molecule has 2 aliphatic heterocycles. The maximum absolute atomic E-state index is 12.6. The van der Waals surface area contributed by atoms with Crippen molar-refractivity contribution in [3.05, 3.63) is 29.7 Å². The number of rotatable bonds is 5. The number of carbonyl (C=O) groups excluding carboxylic acids is 1. The van der Waals surface area contributed by atoms with Gasteiger partial charge in [0.05, 0.1) is 12.2 Å². The number of hydrogen-bond acceptors (Lipinski definition) is 6. The summed E-state index contributed by atoms with van der Waals surface area (Å²) >= 11 is 0. The maximum Gasteiger partial charge on any atom is 0.222 e. The molecule has 0 radical (unpaired) electrons. The molecule has 1 saturated heterocycles. The average molecular weight is 355 g/mol. The Labute approximate surface area is 153 Å². The lowest BCUT2D eigenvalue weighted by atomic mass is 10.0. The van der Waals surface area contributed by atoms with Gasteiger partial charge in [0.2, 0.25) is 5.91 Å². The van der Waals surface area contributed by atoms with E-state index in [9.17, 15) is 4.79 Å². The molecular weight excluding hydrogens is 330 g/mol. The van der Waals surface area contributed by atoms with E-state index in [0.29, 0.717) is 13.0 Å². The highest BCUT2D eigenvalue weighted by Crippen LogP contribution is 2.29. The van der Waals surface area contributed by atoms with Crippen LogP contribution in [0.4, 0.5) is 5.82 Å². The smallest absolute Gasteiger partial charge is 0.222 e. The molecular formula is C18H25N7O. The highest BCUT2D eigenvalue weighted by molar-refractivity contribution is 5.76. The Kier molecular flexibility index (Phi) is 4.81. The Bertz CT molecular complexity index is 768. The van der Waals surface area contributed by atoms with Crippen molar-refractivity contribution in [2.24, 2.45) is 0 Å². The van der Waals surface area contributed by atoms with E-state index < -0.39 is 0 Å². The lowest BCUT2D eigenvalue weighted by molar-refractivity contribution is -0.132. The summed E-state index contributed by atoms with van der Waals surface area (Å²) < 4.78 is 1.76. The van der Waals surface area contributed by atoms with Crippen molar-refractivity contribution in [1.29, 1.82) is 0 Å². The number of nitrogens with zero attached hydrogens (tertiary/aromatic N) is 7. The highest BCUT2D eigenvalue weighted by atomic mass is 16.2. The van der Waals surface area contributed by atoms with Crippen molar-refractivity contribution in [3.8, 4) is 0 Å². The molecule has 0 spiro atoms. The first-order valence-corrected chi connectivity index (χ1v) is 9.42. The molecule has 0 aromatic carbocycles. The summed E-state index contributed by atoms with van der Waals surface area (Å²) in [5.41, 5.74) is 2.26. The van der Waals surface area contributed by atoms with Crippen LogP contribution in [0.5, 0.6) is 0 Å². The van der Waals surface area contributed by atoms with Crippen molar-refractivity contribution < 1.29 is 4.79 Å². The van der Waals surface area contributed by atoms with E-state index in [1.807, 2.05) is 11.8 Å². The SMILES string of the molecule is Cc1nc2c(c(N3CCCC3)n1)CCN(C(=O)CCCn1cncn1)C2. The number of fused-ring (bicyclic) bond motifs is 1. The Morgan fingerprint density at radius 2 is 2.04 bits per heavy atom. The molecule has 8 heteroatoms. The lowest BCUT2D eigenvalue weighted by Crippen LogP contribution is -2.38. The molecule has 0 atom stereocenters. The van der Waals surface area contributed by atoms with Crippen LogP contribution >= 0.6 is 0 Å². The molecule has 0 aliphatic carbocycles. The third-order valence-electron chi connectivity index (χ3n) is 5.16. The van der Waals surface area contributed by atoms with Crippen LogP contribution in [0.1, 0.15) is 42.8 Å². The van der Waals surface area contributed by atoms with Crippen molar-refractivity contribution in [1.82, 2.24) is 29.6 Å². The van der Waals surface area contributed by atoms with Crippen LogP contribution in [0.25, 0.3) is 0 Å². The summed E-state index contributed by atoms with van der Waals surface area (Å²) in [6, 6.07) is 0. The van der Waals surface area contributed by atoms with Gasteiger partial charge in [0.25, 0.3) is 0 Å². The highest BCUT2D eigenvalue weighted by Gasteiger charge is 2.27. The van der Waals surface area contributed by atoms with E-state index in [2.05, 4.69) is 20.0 Å². The predicted octanol–water partition coefficient (Wildman–Crippen LogP) is 1.34. The van der Waals surface area contributed by atoms with Crippen molar-refractivity contribution in [2.45, 2.75) is 52.1 Å². The van der Waals surface area contributed by atoms with E-state index >= 15 is 0 Å². The summed E-state index contributed by atoms with van der Waals surface area (Å²) in [4.78, 5) is 30.2. The van der Waals surface area contributed by atoms with Gasteiger partial charge in [-0.1, -0.05) is 0 Å². The first kappa shape index (κ1) is 16.9. The predicted molar refractivity (Wildman–Crippen MR) is 96.6 cm³/mol. The standard InChI is InChI=1S/C18H25N7O/c1-14-21-16-11-24(17(26)5-4-9-25-13-19-12-20-25)10-6-15(16)18(22-14)23-7-2-3-8-23/h12-13H,2-11H2,1H3. The minimum absolute atomic E-state index is 0.190. The number of hydrogen-bond donors (Lipinski definition) is 0. The monoisotopic (exact) mass is 355 g/mol. The topological polar surface area (TPSA) is 80.0 Å². The molecule has 8 nitrogen and oxygen atoms in total. The summed E-state index contributed by atoms with van der Waals surface area (Å²) in [5, 5.41) is 4.07. The number of carbonyl (C=O) groups is 1. The van der Waals surface area contributed by atoms with Crippen LogP contribution in [-0.2, 0) is 24.3 Å². The van der Waals surface area contributed by atoms with E-state index in [-0.39, 0.29) is 5.91 Å². The van der Waals surface area contributed by atoms with Gasteiger partial charge in [0.15, 0.2) is 0 Å². The molecule has 0 bridgehead atoms. The molecule has 0 saturated carbocycles. The molecule has 2 aromatic rings. The van der Waals surface area contributed by atoms with Gasteiger partial charge in [-0.05, 0) is 32.6 Å². The van der Waals surface area contributed by atoms with Crippen LogP contribution in [-0.4, -0.2) is 55.2 Å². The lowest BCUT2D eigenvalue weighted by Gasteiger charge is -2.31. The molecule has 0 N–H and O–H groups in total. The molecule has 1 amide bonds. The van der Waals surface area contributed by atoms with Crippen LogP contribution < -0.4 is 4.90 Å². The molecule has 0 unspecified atom stereocenters. The minimum atomic E-state index is 0.190. The van der Waals surface area contributed by atoms with Crippen molar-refractivity contribution >= 4 is 11.7 Å². The van der Waals surface area contributed by atoms with Crippen molar-refractivity contribution in [3.63, 3.8) is 0 Å². The van der Waals surface area contributed by atoms with Gasteiger partial charge in [-0.2, -0.15) is 5.10 Å². The van der Waals surface area contributed by atoms with E-state index in [1.54, 1.807) is 11.0 Å². The van der Waals surface area contributed by atoms with Crippen LogP contribution in [0, 0.1) is 6.92 Å². The van der Waals surface area contributed by atoms with Gasteiger partial charge in [-0.25, -0.2) is 15.0 Å². The molecule has 4 rings (SSSR count). The Hall–Kier alpha value is -2.51. The van der Waals surface area contributed by atoms with Gasteiger partial charge in [0.1, 0.15) is 24.3 Å². The summed E-state index contributed by atoms with van der Waals surface area (Å²) in [6.07, 6.45) is 7.80. The number of amides is 1. The zero-order valence-corrected chi connectivity index (χ0v) is 15.3. The molecule has 26 heavy (non-hydrogen) atoms. The summed E-state index contributed by atoms with van der Waals surface area (Å²) in [7, 11) is 0. The first-order chi connectivity index (χ1) is 12.7. The number of anilines is 1. The number of aryl methyl sites for hydroxylation is 2. The van der Waals surface area contributed by atoms with E-state index in [4.69, 9.17) is 4.98 Å². The van der Waals surface area contributed by atoms with E-state index in [1.165, 1.54) is 24.7 Å². The van der Waals surface area contributed by atoms with Gasteiger partial charge in [-0.3, -0.25) is 9.48 Å². The number of aromatic nitrogens is 5. The Morgan fingerprint density at radius 3 is 2.81 bits per heavy atom. The molecule has 2 aromatic heterocycles. The first-order valence-electron chi connectivity index (χ1n) is 9.42. The van der Waals surface area contributed by atoms with Crippen LogP contribution in [0.15, 0.2) is 12.7 Å². The normalized spacial score (nSPS) is 16.8. The third-order valence-corrected chi connectivity index (χ3v) is 5.16. The second-order valence-electron chi connectivity index (χ2n) is 7.04. The molecule has 2 aliphatic rings. The third kappa shape index (κ3) is 3.54. The fourth-order valence-corrected chi connectivity index (χ4v) is 3.83. The molecule has 4 heterocycles. The zero-order chi connectivity index (χ0) is 17.9. The van der Waals surface area contributed by atoms with Gasteiger partial charge in [0, 0.05) is 38.2 Å². The van der Waals surface area contributed by atoms with Crippen molar-refractivity contribution in [2.75, 3.05) is 24.5 Å². The largest absolute Gasteiger partial charge is 0.356 e. The van der Waals surface area contributed by atoms with Gasteiger partial charge in [-0.15, -0.1) is 0 Å². The van der Waals surface area contributed by atoms with Gasteiger partial charge < -0.3 is 9.80 Å². The second-order valence-corrected chi connectivity index (χ2v) is 7.04. The van der Waals surface area contributed by atoms with Crippen LogP contribution in [0.3, 0.4) is 0 Å². The molecule has 138 valence electrons. The zero-order valence-electron chi connectivity index (χ0n) is 15.3. The summed E-state index contributed by atoms with van der Waals surface area (Å²) in [5.74, 6) is 2.09.